The van der Waals surface area contributed by atoms with E-state index in [0.717, 1.165) is 30.0 Å². The third-order valence-corrected chi connectivity index (χ3v) is 4.58. The second-order valence-electron chi connectivity index (χ2n) is 7.02. The predicted molar refractivity (Wildman–Crippen MR) is 100 cm³/mol. The smallest absolute Gasteiger partial charge is 0.319 e. The standard InChI is InChI=1S/C18H27N7O2/c1-5-6-24-12-16(13(2)20-24)17(26)19-10-14-9-15-11-23(18(27)22(3)4)7-8-25(15)21-14/h9,12H,5-8,10-11H2,1-4H3,(H,19,26). The van der Waals surface area contributed by atoms with Crippen LogP contribution >= 0.6 is 0 Å². The zero-order chi connectivity index (χ0) is 19.6. The van der Waals surface area contributed by atoms with Gasteiger partial charge in [-0.25, -0.2) is 4.79 Å². The van der Waals surface area contributed by atoms with Gasteiger partial charge in [0.05, 0.1) is 42.3 Å². The maximum atomic E-state index is 12.5. The molecule has 9 heteroatoms. The lowest BCUT2D eigenvalue weighted by atomic mass is 10.2. The lowest BCUT2D eigenvalue weighted by Crippen LogP contribution is -2.43. The number of amides is 3. The summed E-state index contributed by atoms with van der Waals surface area (Å²) in [6, 6.07) is 1.94. The van der Waals surface area contributed by atoms with Crippen molar-refractivity contribution in [1.82, 2.24) is 34.7 Å². The zero-order valence-electron chi connectivity index (χ0n) is 16.4. The fourth-order valence-corrected chi connectivity index (χ4v) is 3.21. The van der Waals surface area contributed by atoms with Crippen LogP contribution in [0.2, 0.25) is 0 Å². The van der Waals surface area contributed by atoms with Crippen molar-refractivity contribution < 1.29 is 9.59 Å². The van der Waals surface area contributed by atoms with Gasteiger partial charge < -0.3 is 15.1 Å². The summed E-state index contributed by atoms with van der Waals surface area (Å²) >= 11 is 0. The first-order valence-corrected chi connectivity index (χ1v) is 9.23. The number of carbonyl (C=O) groups excluding carboxylic acids is 2. The highest BCUT2D eigenvalue weighted by Gasteiger charge is 2.23. The highest BCUT2D eigenvalue weighted by atomic mass is 16.2. The molecule has 1 aliphatic heterocycles. The van der Waals surface area contributed by atoms with E-state index in [1.807, 2.05) is 17.7 Å². The summed E-state index contributed by atoms with van der Waals surface area (Å²) in [5.74, 6) is -0.148. The van der Waals surface area contributed by atoms with Crippen LogP contribution in [0.25, 0.3) is 0 Å². The minimum atomic E-state index is -0.148. The SMILES string of the molecule is CCCn1cc(C(=O)NCc2cc3n(n2)CCN(C(=O)N(C)C)C3)c(C)n1. The number of hydrogen-bond donors (Lipinski definition) is 1. The molecule has 0 atom stereocenters. The molecule has 0 radical (unpaired) electrons. The maximum Gasteiger partial charge on any atom is 0.319 e. The number of nitrogens with one attached hydrogen (secondary N) is 1. The van der Waals surface area contributed by atoms with E-state index in [1.165, 1.54) is 0 Å². The molecule has 27 heavy (non-hydrogen) atoms. The van der Waals surface area contributed by atoms with Crippen LogP contribution in [-0.2, 0) is 26.2 Å². The second kappa shape index (κ2) is 7.81. The van der Waals surface area contributed by atoms with Crippen molar-refractivity contribution in [1.29, 1.82) is 0 Å². The van der Waals surface area contributed by atoms with Crippen molar-refractivity contribution in [3.8, 4) is 0 Å². The minimum absolute atomic E-state index is 0.00290. The first kappa shape index (κ1) is 18.9. The van der Waals surface area contributed by atoms with Gasteiger partial charge in [-0.3, -0.25) is 14.2 Å². The first-order valence-electron chi connectivity index (χ1n) is 9.23. The van der Waals surface area contributed by atoms with Crippen molar-refractivity contribution in [2.45, 2.75) is 46.4 Å². The number of aromatic nitrogens is 4. The van der Waals surface area contributed by atoms with Crippen molar-refractivity contribution in [3.63, 3.8) is 0 Å². The van der Waals surface area contributed by atoms with Crippen molar-refractivity contribution in [2.75, 3.05) is 20.6 Å². The van der Waals surface area contributed by atoms with E-state index in [9.17, 15) is 9.59 Å². The van der Waals surface area contributed by atoms with Crippen LogP contribution in [0.5, 0.6) is 0 Å². The number of hydrogen-bond acceptors (Lipinski definition) is 4. The molecule has 0 aliphatic carbocycles. The highest BCUT2D eigenvalue weighted by Crippen LogP contribution is 2.15. The average molecular weight is 373 g/mol. The predicted octanol–water partition coefficient (Wildman–Crippen LogP) is 1.23. The Morgan fingerprint density at radius 3 is 2.74 bits per heavy atom. The first-order chi connectivity index (χ1) is 12.9. The molecule has 0 aromatic carbocycles. The molecular weight excluding hydrogens is 346 g/mol. The minimum Gasteiger partial charge on any atom is -0.346 e. The molecule has 0 saturated heterocycles. The molecule has 2 aromatic rings. The second-order valence-corrected chi connectivity index (χ2v) is 7.02. The summed E-state index contributed by atoms with van der Waals surface area (Å²) in [5, 5.41) is 11.8. The van der Waals surface area contributed by atoms with E-state index < -0.39 is 0 Å². The third-order valence-electron chi connectivity index (χ3n) is 4.58. The van der Waals surface area contributed by atoms with Crippen molar-refractivity contribution in [3.05, 3.63) is 34.9 Å². The molecule has 3 amide bonds. The Bertz CT molecular complexity index is 837. The van der Waals surface area contributed by atoms with Gasteiger partial charge in [0.2, 0.25) is 0 Å². The Balaban J connectivity index is 1.62. The van der Waals surface area contributed by atoms with Gasteiger partial charge in [0.25, 0.3) is 5.91 Å². The molecule has 9 nitrogen and oxygen atoms in total. The number of nitrogens with zero attached hydrogens (tertiary/aromatic N) is 6. The quantitative estimate of drug-likeness (QED) is 0.854. The molecule has 146 valence electrons. The summed E-state index contributed by atoms with van der Waals surface area (Å²) in [6.45, 7) is 6.88. The van der Waals surface area contributed by atoms with E-state index in [1.54, 1.807) is 34.8 Å². The van der Waals surface area contributed by atoms with Crippen LogP contribution in [0.3, 0.4) is 0 Å². The summed E-state index contributed by atoms with van der Waals surface area (Å²) < 4.78 is 3.71. The number of carbonyl (C=O) groups is 2. The third kappa shape index (κ3) is 4.12. The Hall–Kier alpha value is -2.84. The summed E-state index contributed by atoms with van der Waals surface area (Å²) in [7, 11) is 3.50. The van der Waals surface area contributed by atoms with Crippen LogP contribution < -0.4 is 5.32 Å². The largest absolute Gasteiger partial charge is 0.346 e. The zero-order valence-corrected chi connectivity index (χ0v) is 16.4. The Morgan fingerprint density at radius 1 is 1.26 bits per heavy atom. The van der Waals surface area contributed by atoms with Crippen LogP contribution in [0.4, 0.5) is 4.79 Å². The number of aryl methyl sites for hydroxylation is 2. The van der Waals surface area contributed by atoms with Gasteiger partial charge >= 0.3 is 6.03 Å². The average Bonchev–Trinajstić information content (AvgIpc) is 3.21. The van der Waals surface area contributed by atoms with Crippen LogP contribution in [0, 0.1) is 6.92 Å². The Kier molecular flexibility index (Phi) is 5.48. The highest BCUT2D eigenvalue weighted by molar-refractivity contribution is 5.94. The van der Waals surface area contributed by atoms with Gasteiger partial charge in [0, 0.05) is 33.4 Å². The number of fused-ring (bicyclic) bond motifs is 1. The normalized spacial score (nSPS) is 13.4. The molecule has 0 bridgehead atoms. The molecule has 3 heterocycles. The van der Waals surface area contributed by atoms with Gasteiger partial charge in [-0.15, -0.1) is 0 Å². The molecule has 3 rings (SSSR count). The molecule has 0 saturated carbocycles. The van der Waals surface area contributed by atoms with E-state index in [2.05, 4.69) is 22.4 Å². The van der Waals surface area contributed by atoms with E-state index in [-0.39, 0.29) is 11.9 Å². The van der Waals surface area contributed by atoms with Crippen LogP contribution in [-0.4, -0.2) is 61.9 Å². The fourth-order valence-electron chi connectivity index (χ4n) is 3.21. The van der Waals surface area contributed by atoms with Crippen LogP contribution in [0.15, 0.2) is 12.3 Å². The molecule has 1 N–H and O–H groups in total. The van der Waals surface area contributed by atoms with Crippen molar-refractivity contribution in [2.24, 2.45) is 0 Å². The maximum absolute atomic E-state index is 12.5. The van der Waals surface area contributed by atoms with Crippen molar-refractivity contribution >= 4 is 11.9 Å². The summed E-state index contributed by atoms with van der Waals surface area (Å²) in [5.41, 5.74) is 3.09. The van der Waals surface area contributed by atoms with E-state index in [4.69, 9.17) is 0 Å². The fraction of sp³-hybridized carbons (Fsp3) is 0.556. The molecular formula is C18H27N7O2. The molecule has 0 spiro atoms. The monoisotopic (exact) mass is 373 g/mol. The van der Waals surface area contributed by atoms with Gasteiger partial charge in [-0.1, -0.05) is 6.92 Å². The Labute approximate surface area is 158 Å². The number of rotatable bonds is 5. The molecule has 0 fully saturated rings. The topological polar surface area (TPSA) is 88.3 Å². The van der Waals surface area contributed by atoms with Gasteiger partial charge in [0.15, 0.2) is 0 Å². The summed E-state index contributed by atoms with van der Waals surface area (Å²) in [6.07, 6.45) is 2.76. The lowest BCUT2D eigenvalue weighted by Gasteiger charge is -2.29. The Morgan fingerprint density at radius 2 is 2.04 bits per heavy atom. The van der Waals surface area contributed by atoms with Crippen LogP contribution in [0.1, 0.15) is 40.8 Å². The summed E-state index contributed by atoms with van der Waals surface area (Å²) in [4.78, 5) is 28.0. The van der Waals surface area contributed by atoms with E-state index >= 15 is 0 Å². The van der Waals surface area contributed by atoms with Gasteiger partial charge in [-0.2, -0.15) is 10.2 Å². The van der Waals surface area contributed by atoms with Gasteiger partial charge in [-0.05, 0) is 19.4 Å². The lowest BCUT2D eigenvalue weighted by molar-refractivity contribution is 0.0949. The molecule has 1 aliphatic rings. The molecule has 0 unspecified atom stereocenters. The van der Waals surface area contributed by atoms with Gasteiger partial charge in [0.1, 0.15) is 0 Å². The number of urea groups is 1. The molecule has 2 aromatic heterocycles. The van der Waals surface area contributed by atoms with E-state index in [0.29, 0.717) is 31.7 Å².